The fourth-order valence-corrected chi connectivity index (χ4v) is 2.82. The lowest BCUT2D eigenvalue weighted by atomic mass is 10.0. The highest BCUT2D eigenvalue weighted by molar-refractivity contribution is 9.10. The van der Waals surface area contributed by atoms with Crippen LogP contribution in [0.25, 0.3) is 0 Å². The summed E-state index contributed by atoms with van der Waals surface area (Å²) in [5.41, 5.74) is 1.25. The Kier molecular flexibility index (Phi) is 8.95. The van der Waals surface area contributed by atoms with Crippen molar-refractivity contribution in [2.24, 2.45) is 0 Å². The minimum absolute atomic E-state index is 0. The zero-order valence-corrected chi connectivity index (χ0v) is 14.6. The molecular weight excluding hydrogens is 377 g/mol. The summed E-state index contributed by atoms with van der Waals surface area (Å²) in [5, 5.41) is 22.5. The topological polar surface area (TPSA) is 59.3 Å². The minimum Gasteiger partial charge on any atom is -0.506 e. The van der Waals surface area contributed by atoms with Crippen molar-refractivity contribution in [1.29, 1.82) is 5.26 Å². The maximum absolute atomic E-state index is 10.2. The first-order valence-electron chi connectivity index (χ1n) is 6.17. The fourth-order valence-electron chi connectivity index (χ4n) is 2.34. The normalized spacial score (nSPS) is 16.0. The van der Waals surface area contributed by atoms with Gasteiger partial charge >= 0.3 is 0 Å². The third-order valence-corrected chi connectivity index (χ3v) is 3.91. The molecule has 4 nitrogen and oxygen atoms in total. The van der Waals surface area contributed by atoms with E-state index in [1.165, 1.54) is 0 Å². The maximum atomic E-state index is 10.2. The van der Waals surface area contributed by atoms with Crippen LogP contribution in [0.2, 0.25) is 0 Å². The molecule has 7 heteroatoms. The number of nitrogens with zero attached hydrogens (tertiary/aromatic N) is 2. The number of halogens is 3. The molecule has 0 bridgehead atoms. The monoisotopic (exact) mass is 393 g/mol. The molecule has 0 amide bonds. The SMILES string of the molecule is C=C[C@@H](c1cc(C#N)cc(Br)c1O)N1CCNCC1.Cl.Cl. The van der Waals surface area contributed by atoms with Gasteiger partial charge in [0.05, 0.1) is 22.1 Å². The number of nitriles is 1. The van der Waals surface area contributed by atoms with E-state index in [1.807, 2.05) is 6.08 Å². The number of aromatic hydroxyl groups is 1. The molecule has 1 aromatic rings. The molecule has 1 atom stereocenters. The van der Waals surface area contributed by atoms with Crippen molar-refractivity contribution in [3.05, 3.63) is 40.4 Å². The average Bonchev–Trinajstić information content (AvgIpc) is 2.45. The van der Waals surface area contributed by atoms with Gasteiger partial charge in [-0.15, -0.1) is 31.4 Å². The van der Waals surface area contributed by atoms with Gasteiger partial charge in [-0.2, -0.15) is 5.26 Å². The lowest BCUT2D eigenvalue weighted by molar-refractivity contribution is 0.201. The van der Waals surface area contributed by atoms with Gasteiger partial charge < -0.3 is 10.4 Å². The molecule has 1 aliphatic heterocycles. The van der Waals surface area contributed by atoms with Crippen molar-refractivity contribution < 1.29 is 5.11 Å². The molecule has 2 N–H and O–H groups in total. The van der Waals surface area contributed by atoms with Crippen molar-refractivity contribution in [3.63, 3.8) is 0 Å². The quantitative estimate of drug-likeness (QED) is 0.773. The van der Waals surface area contributed by atoms with Crippen LogP contribution in [0.1, 0.15) is 17.2 Å². The number of nitrogens with one attached hydrogen (secondary N) is 1. The van der Waals surface area contributed by atoms with Gasteiger partial charge in [-0.3, -0.25) is 4.90 Å². The van der Waals surface area contributed by atoms with E-state index in [-0.39, 0.29) is 36.6 Å². The molecular formula is C14H18BrCl2N3O. The van der Waals surface area contributed by atoms with E-state index in [1.54, 1.807) is 12.1 Å². The molecule has 1 aromatic carbocycles. The van der Waals surface area contributed by atoms with Crippen LogP contribution in [-0.2, 0) is 0 Å². The van der Waals surface area contributed by atoms with Crippen LogP contribution >= 0.6 is 40.7 Å². The highest BCUT2D eigenvalue weighted by Crippen LogP contribution is 2.36. The smallest absolute Gasteiger partial charge is 0.134 e. The Balaban J connectivity index is 0.00000200. The van der Waals surface area contributed by atoms with Crippen molar-refractivity contribution >= 4 is 40.7 Å². The summed E-state index contributed by atoms with van der Waals surface area (Å²) in [7, 11) is 0. The molecule has 0 radical (unpaired) electrons. The first-order valence-corrected chi connectivity index (χ1v) is 6.96. The first-order chi connectivity index (χ1) is 9.17. The van der Waals surface area contributed by atoms with Crippen LogP contribution in [0.5, 0.6) is 5.75 Å². The lowest BCUT2D eigenvalue weighted by Gasteiger charge is -2.33. The van der Waals surface area contributed by atoms with E-state index >= 15 is 0 Å². The number of hydrogen-bond donors (Lipinski definition) is 2. The summed E-state index contributed by atoms with van der Waals surface area (Å²) in [6.45, 7) is 7.50. The van der Waals surface area contributed by atoms with Crippen molar-refractivity contribution in [2.45, 2.75) is 6.04 Å². The van der Waals surface area contributed by atoms with Crippen LogP contribution in [0, 0.1) is 11.3 Å². The van der Waals surface area contributed by atoms with E-state index in [0.29, 0.717) is 10.0 Å². The third-order valence-electron chi connectivity index (χ3n) is 3.31. The number of rotatable bonds is 3. The third kappa shape index (κ3) is 4.60. The summed E-state index contributed by atoms with van der Waals surface area (Å²) in [6.07, 6.45) is 1.81. The van der Waals surface area contributed by atoms with Crippen LogP contribution in [0.3, 0.4) is 0 Å². The Labute approximate surface area is 145 Å². The molecule has 116 valence electrons. The zero-order valence-electron chi connectivity index (χ0n) is 11.4. The molecule has 0 aliphatic carbocycles. The summed E-state index contributed by atoms with van der Waals surface area (Å²) in [4.78, 5) is 2.24. The zero-order chi connectivity index (χ0) is 13.8. The lowest BCUT2D eigenvalue weighted by Crippen LogP contribution is -2.44. The van der Waals surface area contributed by atoms with Gasteiger partial charge in [-0.05, 0) is 28.1 Å². The Morgan fingerprint density at radius 1 is 1.38 bits per heavy atom. The molecule has 1 fully saturated rings. The summed E-state index contributed by atoms with van der Waals surface area (Å²) in [5.74, 6) is 0.183. The molecule has 1 aliphatic rings. The second-order valence-electron chi connectivity index (χ2n) is 4.47. The number of benzene rings is 1. The van der Waals surface area contributed by atoms with Crippen LogP contribution in [0.4, 0.5) is 0 Å². The minimum atomic E-state index is -0.0771. The van der Waals surface area contributed by atoms with Crippen LogP contribution in [0.15, 0.2) is 29.3 Å². The van der Waals surface area contributed by atoms with Gasteiger partial charge in [0.25, 0.3) is 0 Å². The maximum Gasteiger partial charge on any atom is 0.134 e. The number of piperazine rings is 1. The summed E-state index contributed by atoms with van der Waals surface area (Å²) < 4.78 is 0.545. The van der Waals surface area contributed by atoms with Gasteiger partial charge in [-0.25, -0.2) is 0 Å². The average molecular weight is 395 g/mol. The molecule has 0 unspecified atom stereocenters. The van der Waals surface area contributed by atoms with E-state index in [9.17, 15) is 5.11 Å². The number of phenolic OH excluding ortho intramolecular Hbond substituents is 1. The van der Waals surface area contributed by atoms with Gasteiger partial charge in [0.15, 0.2) is 0 Å². The Bertz CT molecular complexity index is 528. The number of phenols is 1. The van der Waals surface area contributed by atoms with Gasteiger partial charge in [-0.1, -0.05) is 6.08 Å². The second-order valence-corrected chi connectivity index (χ2v) is 5.33. The van der Waals surface area contributed by atoms with E-state index in [2.05, 4.69) is 38.8 Å². The molecule has 21 heavy (non-hydrogen) atoms. The van der Waals surface area contributed by atoms with E-state index < -0.39 is 0 Å². The Morgan fingerprint density at radius 3 is 2.52 bits per heavy atom. The van der Waals surface area contributed by atoms with E-state index in [0.717, 1.165) is 31.7 Å². The standard InChI is InChI=1S/C14H16BrN3O.2ClH/c1-2-13(18-5-3-17-4-6-18)11-7-10(9-16)8-12(15)14(11)19;;/h2,7-8,13,17,19H,1,3-6H2;2*1H/t13-;;/m0../s1. The Morgan fingerprint density at radius 2 is 2.00 bits per heavy atom. The first kappa shape index (κ1) is 20.2. The van der Waals surface area contributed by atoms with Crippen LogP contribution < -0.4 is 5.32 Å². The summed E-state index contributed by atoms with van der Waals surface area (Å²) >= 11 is 3.29. The molecule has 1 heterocycles. The predicted octanol–water partition coefficient (Wildman–Crippen LogP) is 3.00. The number of hydrogen-bond acceptors (Lipinski definition) is 4. The van der Waals surface area contributed by atoms with Gasteiger partial charge in [0.1, 0.15) is 5.75 Å². The van der Waals surface area contributed by atoms with E-state index in [4.69, 9.17) is 5.26 Å². The van der Waals surface area contributed by atoms with Gasteiger partial charge in [0.2, 0.25) is 0 Å². The highest BCUT2D eigenvalue weighted by Gasteiger charge is 2.23. The van der Waals surface area contributed by atoms with Gasteiger partial charge in [0, 0.05) is 31.7 Å². The molecule has 2 rings (SSSR count). The fraction of sp³-hybridized carbons (Fsp3) is 0.357. The largest absolute Gasteiger partial charge is 0.506 e. The summed E-state index contributed by atoms with van der Waals surface area (Å²) in [6, 6.07) is 5.39. The van der Waals surface area contributed by atoms with Crippen LogP contribution in [-0.4, -0.2) is 36.2 Å². The van der Waals surface area contributed by atoms with Crippen molar-refractivity contribution in [3.8, 4) is 11.8 Å². The molecule has 0 saturated carbocycles. The predicted molar refractivity (Wildman–Crippen MR) is 92.4 cm³/mol. The van der Waals surface area contributed by atoms with Crippen molar-refractivity contribution in [2.75, 3.05) is 26.2 Å². The Hall–Kier alpha value is -0.770. The molecule has 0 aromatic heterocycles. The highest BCUT2D eigenvalue weighted by atomic mass is 79.9. The molecule has 0 spiro atoms. The second kappa shape index (κ2) is 9.29. The molecule has 1 saturated heterocycles. The van der Waals surface area contributed by atoms with Crippen molar-refractivity contribution in [1.82, 2.24) is 10.2 Å².